The van der Waals surface area contributed by atoms with E-state index in [4.69, 9.17) is 14.6 Å². The van der Waals surface area contributed by atoms with Gasteiger partial charge in [0, 0.05) is 5.33 Å². The van der Waals surface area contributed by atoms with Crippen LogP contribution in [0.5, 0.6) is 11.5 Å². The molecule has 0 aliphatic rings. The molecule has 0 spiro atoms. The number of aryl methyl sites for hydroxylation is 2. The normalized spacial score (nSPS) is 11.3. The fourth-order valence-electron chi connectivity index (χ4n) is 2.46. The second-order valence-corrected chi connectivity index (χ2v) is 7.42. The van der Waals surface area contributed by atoms with E-state index in [2.05, 4.69) is 15.9 Å². The first-order chi connectivity index (χ1) is 11.4. The van der Waals surface area contributed by atoms with Crippen molar-refractivity contribution >= 4 is 26.0 Å². The molecule has 0 unspecified atom stereocenters. The number of methoxy groups -OCH3 is 2. The molecule has 24 heavy (non-hydrogen) atoms. The van der Waals surface area contributed by atoms with Crippen molar-refractivity contribution in [3.05, 3.63) is 53.1 Å². The summed E-state index contributed by atoms with van der Waals surface area (Å²) < 4.78 is 33.6. The van der Waals surface area contributed by atoms with Crippen LogP contribution in [0.4, 0.5) is 0 Å². The zero-order valence-electron chi connectivity index (χ0n) is 13.6. The Morgan fingerprint density at radius 2 is 1.67 bits per heavy atom. The van der Waals surface area contributed by atoms with Gasteiger partial charge in [-0.25, -0.2) is 13.6 Å². The van der Waals surface area contributed by atoms with Gasteiger partial charge >= 0.3 is 0 Å². The van der Waals surface area contributed by atoms with Gasteiger partial charge in [0.15, 0.2) is 11.5 Å². The van der Waals surface area contributed by atoms with Gasteiger partial charge in [0.2, 0.25) is 10.0 Å². The van der Waals surface area contributed by atoms with Crippen molar-refractivity contribution in [3.8, 4) is 11.5 Å². The summed E-state index contributed by atoms with van der Waals surface area (Å²) in [6, 6.07) is 10.7. The van der Waals surface area contributed by atoms with E-state index in [1.807, 2.05) is 18.2 Å². The number of hydrogen-bond acceptors (Lipinski definition) is 4. The average molecular weight is 414 g/mol. The molecule has 0 atom stereocenters. The van der Waals surface area contributed by atoms with Crippen molar-refractivity contribution in [2.75, 3.05) is 14.2 Å². The molecular weight excluding hydrogens is 394 g/mol. The molecule has 0 aromatic heterocycles. The van der Waals surface area contributed by atoms with Crippen molar-refractivity contribution in [2.45, 2.75) is 23.1 Å². The highest BCUT2D eigenvalue weighted by molar-refractivity contribution is 9.08. The fourth-order valence-corrected chi connectivity index (χ4v) is 3.57. The van der Waals surface area contributed by atoms with E-state index in [1.165, 1.54) is 6.07 Å². The number of hydrogen-bond donors (Lipinski definition) is 1. The Labute approximate surface area is 151 Å². The second-order valence-electron chi connectivity index (χ2n) is 5.30. The quantitative estimate of drug-likeness (QED) is 0.707. The summed E-state index contributed by atoms with van der Waals surface area (Å²) in [6.45, 7) is 0. The number of nitrogens with two attached hydrogens (primary N) is 1. The minimum Gasteiger partial charge on any atom is -0.493 e. The lowest BCUT2D eigenvalue weighted by Crippen LogP contribution is -2.13. The van der Waals surface area contributed by atoms with Crippen LogP contribution in [0.15, 0.2) is 41.3 Å². The summed E-state index contributed by atoms with van der Waals surface area (Å²) >= 11 is 3.43. The number of rotatable bonds is 7. The smallest absolute Gasteiger partial charge is 0.238 e. The fraction of sp³-hybridized carbons (Fsp3) is 0.294. The van der Waals surface area contributed by atoms with E-state index in [1.54, 1.807) is 26.4 Å². The first-order valence-corrected chi connectivity index (χ1v) is 9.97. The Morgan fingerprint density at radius 3 is 2.25 bits per heavy atom. The molecule has 2 aromatic carbocycles. The van der Waals surface area contributed by atoms with Crippen molar-refractivity contribution in [2.24, 2.45) is 5.14 Å². The zero-order valence-corrected chi connectivity index (χ0v) is 16.0. The lowest BCUT2D eigenvalue weighted by Gasteiger charge is -2.12. The highest BCUT2D eigenvalue weighted by Gasteiger charge is 2.12. The Bertz CT molecular complexity index is 821. The molecular formula is C17H20BrNO4S. The van der Waals surface area contributed by atoms with Gasteiger partial charge in [-0.3, -0.25) is 0 Å². The number of ether oxygens (including phenoxy) is 2. The lowest BCUT2D eigenvalue weighted by molar-refractivity contribution is 0.354. The molecule has 0 fully saturated rings. The van der Waals surface area contributed by atoms with Gasteiger partial charge in [0.05, 0.1) is 19.1 Å². The van der Waals surface area contributed by atoms with Crippen LogP contribution < -0.4 is 14.6 Å². The number of benzene rings is 2. The van der Waals surface area contributed by atoms with Crippen LogP contribution in [-0.2, 0) is 28.2 Å². The molecule has 130 valence electrons. The largest absolute Gasteiger partial charge is 0.493 e. The minimum absolute atomic E-state index is 0.134. The molecule has 0 amide bonds. The molecule has 5 nitrogen and oxygen atoms in total. The number of halogens is 1. The third-order valence-corrected chi connectivity index (χ3v) is 5.30. The molecule has 7 heteroatoms. The van der Waals surface area contributed by atoms with Crippen LogP contribution in [0.25, 0.3) is 0 Å². The highest BCUT2D eigenvalue weighted by Crippen LogP contribution is 2.28. The second kappa shape index (κ2) is 8.00. The Morgan fingerprint density at radius 1 is 0.958 bits per heavy atom. The van der Waals surface area contributed by atoms with Crippen molar-refractivity contribution in [1.82, 2.24) is 0 Å². The number of primary sulfonamides is 1. The molecule has 2 rings (SSSR count). The molecule has 0 aliphatic heterocycles. The van der Waals surface area contributed by atoms with Gasteiger partial charge in [-0.15, -0.1) is 0 Å². The first kappa shape index (κ1) is 18.8. The van der Waals surface area contributed by atoms with Gasteiger partial charge in [-0.1, -0.05) is 28.1 Å². The Hall–Kier alpha value is -1.57. The van der Waals surface area contributed by atoms with Crippen LogP contribution in [0.2, 0.25) is 0 Å². The van der Waals surface area contributed by atoms with E-state index < -0.39 is 10.0 Å². The van der Waals surface area contributed by atoms with Crippen LogP contribution in [0.3, 0.4) is 0 Å². The predicted octanol–water partition coefficient (Wildman–Crippen LogP) is 3.03. The SMILES string of the molecule is COc1ccc(CCc2cc(S(N)(=O)=O)ccc2CBr)cc1OC. The van der Waals surface area contributed by atoms with Crippen LogP contribution in [0.1, 0.15) is 16.7 Å². The van der Waals surface area contributed by atoms with E-state index in [-0.39, 0.29) is 4.90 Å². The van der Waals surface area contributed by atoms with Crippen LogP contribution in [-0.4, -0.2) is 22.6 Å². The van der Waals surface area contributed by atoms with Crippen molar-refractivity contribution in [3.63, 3.8) is 0 Å². The molecule has 0 heterocycles. The minimum atomic E-state index is -3.70. The van der Waals surface area contributed by atoms with Gasteiger partial charge in [-0.05, 0) is 53.8 Å². The third-order valence-electron chi connectivity index (χ3n) is 3.78. The monoisotopic (exact) mass is 413 g/mol. The zero-order chi connectivity index (χ0) is 17.7. The first-order valence-electron chi connectivity index (χ1n) is 7.30. The summed E-state index contributed by atoms with van der Waals surface area (Å²) in [5.74, 6) is 1.35. The highest BCUT2D eigenvalue weighted by atomic mass is 79.9. The molecule has 2 aromatic rings. The summed E-state index contributed by atoms with van der Waals surface area (Å²) in [4.78, 5) is 0.134. The summed E-state index contributed by atoms with van der Waals surface area (Å²) in [6.07, 6.45) is 1.44. The Balaban J connectivity index is 2.25. The Kier molecular flexibility index (Phi) is 6.26. The molecule has 0 saturated heterocycles. The maximum atomic E-state index is 11.5. The molecule has 0 saturated carbocycles. The predicted molar refractivity (Wildman–Crippen MR) is 97.4 cm³/mol. The maximum absolute atomic E-state index is 11.5. The molecule has 0 radical (unpaired) electrons. The van der Waals surface area contributed by atoms with E-state index in [0.29, 0.717) is 23.2 Å². The van der Waals surface area contributed by atoms with Crippen LogP contribution >= 0.6 is 15.9 Å². The average Bonchev–Trinajstić information content (AvgIpc) is 2.58. The topological polar surface area (TPSA) is 78.6 Å². The van der Waals surface area contributed by atoms with E-state index >= 15 is 0 Å². The molecule has 0 aliphatic carbocycles. The summed E-state index contributed by atoms with van der Waals surface area (Å²) in [5.41, 5.74) is 3.07. The van der Waals surface area contributed by atoms with Crippen molar-refractivity contribution < 1.29 is 17.9 Å². The summed E-state index contributed by atoms with van der Waals surface area (Å²) in [7, 11) is -0.512. The van der Waals surface area contributed by atoms with Crippen molar-refractivity contribution in [1.29, 1.82) is 0 Å². The van der Waals surface area contributed by atoms with E-state index in [9.17, 15) is 8.42 Å². The molecule has 2 N–H and O–H groups in total. The van der Waals surface area contributed by atoms with Gasteiger partial charge in [0.1, 0.15) is 0 Å². The molecule has 0 bridgehead atoms. The maximum Gasteiger partial charge on any atom is 0.238 e. The van der Waals surface area contributed by atoms with Gasteiger partial charge in [0.25, 0.3) is 0 Å². The number of alkyl halides is 1. The third kappa shape index (κ3) is 4.49. The van der Waals surface area contributed by atoms with Gasteiger partial charge < -0.3 is 9.47 Å². The summed E-state index contributed by atoms with van der Waals surface area (Å²) in [5, 5.41) is 5.88. The number of sulfonamides is 1. The van der Waals surface area contributed by atoms with Crippen LogP contribution in [0, 0.1) is 0 Å². The van der Waals surface area contributed by atoms with E-state index in [0.717, 1.165) is 23.1 Å². The van der Waals surface area contributed by atoms with Gasteiger partial charge in [-0.2, -0.15) is 0 Å². The lowest BCUT2D eigenvalue weighted by atomic mass is 10.0. The standard InChI is InChI=1S/C17H20BrNO4S/c1-22-16-8-4-12(9-17(16)23-2)3-5-13-10-15(24(19,20)21)7-6-14(13)11-18/h4,6-10H,3,5,11H2,1-2H3,(H2,19,20,21).